The van der Waals surface area contributed by atoms with Gasteiger partial charge in [0.15, 0.2) is 9.84 Å². The predicted molar refractivity (Wildman–Crippen MR) is 181 cm³/mol. The Balaban J connectivity index is 0.000000247. The number of halogens is 3. The van der Waals surface area contributed by atoms with E-state index in [1.54, 1.807) is 23.6 Å². The number of nitrogens with zero attached hydrogens (tertiary/aromatic N) is 2. The number of carbonyl (C=O) groups excluding carboxylic acids is 2. The number of carboxylic acids is 2. The molecule has 50 heavy (non-hydrogen) atoms. The minimum atomic E-state index is -5.08. The Morgan fingerprint density at radius 3 is 2.16 bits per heavy atom. The molecule has 0 aliphatic heterocycles. The van der Waals surface area contributed by atoms with Crippen molar-refractivity contribution in [3.63, 3.8) is 0 Å². The minimum Gasteiger partial charge on any atom is -0.480 e. The molecular weight excluding hydrogens is 722 g/mol. The van der Waals surface area contributed by atoms with Crippen molar-refractivity contribution in [3.8, 4) is 0 Å². The molecule has 18 heteroatoms. The Bertz CT molecular complexity index is 1940. The van der Waals surface area contributed by atoms with Crippen LogP contribution in [0.15, 0.2) is 64.9 Å². The highest BCUT2D eigenvalue weighted by molar-refractivity contribution is 7.91. The Hall–Kier alpha value is -4.65. The largest absolute Gasteiger partial charge is 0.490 e. The summed E-state index contributed by atoms with van der Waals surface area (Å²) >= 11 is 2.65. The molecule has 6 N–H and O–H groups in total. The van der Waals surface area contributed by atoms with Crippen molar-refractivity contribution >= 4 is 62.1 Å². The zero-order chi connectivity index (χ0) is 37.2. The number of amides is 2. The monoisotopic (exact) mass is 754 g/mol. The molecule has 0 saturated carbocycles. The average Bonchev–Trinajstić information content (AvgIpc) is 3.69. The van der Waals surface area contributed by atoms with Gasteiger partial charge in [-0.05, 0) is 54.5 Å². The van der Waals surface area contributed by atoms with Gasteiger partial charge in [0, 0.05) is 35.0 Å². The summed E-state index contributed by atoms with van der Waals surface area (Å²) in [5.74, 6) is -4.57. The maximum absolute atomic E-state index is 12.9. The number of hydrogen-bond donors (Lipinski definition) is 4. The van der Waals surface area contributed by atoms with Crippen LogP contribution in [0.25, 0.3) is 0 Å². The summed E-state index contributed by atoms with van der Waals surface area (Å²) in [7, 11) is -3.37. The van der Waals surface area contributed by atoms with Crippen LogP contribution in [0.1, 0.15) is 59.4 Å². The van der Waals surface area contributed by atoms with Gasteiger partial charge in [0.1, 0.15) is 17.2 Å². The van der Waals surface area contributed by atoms with E-state index < -0.39 is 46.3 Å². The van der Waals surface area contributed by atoms with E-state index in [1.165, 1.54) is 27.6 Å². The minimum absolute atomic E-state index is 0.180. The molecule has 2 aromatic carbocycles. The van der Waals surface area contributed by atoms with Crippen molar-refractivity contribution in [2.45, 2.75) is 49.7 Å². The van der Waals surface area contributed by atoms with Crippen LogP contribution in [0.4, 0.5) is 19.0 Å². The second kappa shape index (κ2) is 17.3. The fourth-order valence-corrected chi connectivity index (χ4v) is 8.46. The molecule has 0 fully saturated rings. The van der Waals surface area contributed by atoms with Crippen LogP contribution in [-0.4, -0.2) is 66.3 Å². The molecule has 0 saturated heterocycles. The molecule has 0 unspecified atom stereocenters. The number of sulfone groups is 1. The molecule has 0 atom stereocenters. The van der Waals surface area contributed by atoms with Crippen LogP contribution in [0, 0.1) is 0 Å². The first-order chi connectivity index (χ1) is 23.4. The lowest BCUT2D eigenvalue weighted by molar-refractivity contribution is -0.192. The number of thiophene rings is 1. The van der Waals surface area contributed by atoms with Gasteiger partial charge in [-0.25, -0.2) is 18.2 Å². The highest BCUT2D eigenvalue weighted by atomic mass is 32.2. The summed E-state index contributed by atoms with van der Waals surface area (Å²) < 4.78 is 55.1. The van der Waals surface area contributed by atoms with Gasteiger partial charge in [-0.3, -0.25) is 19.3 Å². The second-order valence-corrected chi connectivity index (χ2v) is 14.8. The fraction of sp³-hybridized carbons (Fsp3) is 0.281. The van der Waals surface area contributed by atoms with E-state index in [0.29, 0.717) is 24.3 Å². The SMILES string of the molecule is CS(=O)(=O)c1c(C(N)=O)sc2c1CCCC2.NCc1cccc(C(=O)N(CC(=O)O)c2csc(Cc3ccccc3)n2)c1.O=C(O)C(F)(F)F. The Morgan fingerprint density at radius 1 is 0.980 bits per heavy atom. The number of rotatable bonds is 9. The number of hydrogen-bond acceptors (Lipinski definition) is 10. The van der Waals surface area contributed by atoms with Crippen LogP contribution in [-0.2, 0) is 45.2 Å². The van der Waals surface area contributed by atoms with Crippen molar-refractivity contribution < 1.29 is 51.0 Å². The first-order valence-corrected chi connectivity index (χ1v) is 18.3. The number of benzene rings is 2. The zero-order valence-corrected chi connectivity index (χ0v) is 28.9. The second-order valence-electron chi connectivity index (χ2n) is 10.8. The highest BCUT2D eigenvalue weighted by Crippen LogP contribution is 2.37. The molecule has 2 heterocycles. The number of thiazole rings is 1. The van der Waals surface area contributed by atoms with Gasteiger partial charge in [0.25, 0.3) is 11.8 Å². The van der Waals surface area contributed by atoms with Gasteiger partial charge in [0.05, 0.1) is 9.90 Å². The van der Waals surface area contributed by atoms with Crippen LogP contribution >= 0.6 is 22.7 Å². The number of aliphatic carboxylic acids is 2. The molecule has 0 spiro atoms. The van der Waals surface area contributed by atoms with Crippen molar-refractivity contribution in [1.29, 1.82) is 0 Å². The average molecular weight is 755 g/mol. The van der Waals surface area contributed by atoms with Crippen molar-refractivity contribution in [1.82, 2.24) is 4.98 Å². The molecular formula is C32H33F3N4O8S3. The lowest BCUT2D eigenvalue weighted by Crippen LogP contribution is -2.36. The van der Waals surface area contributed by atoms with E-state index in [2.05, 4.69) is 4.98 Å². The standard InChI is InChI=1S/C20H19N3O3S.C10H13NO3S2.C2HF3O2/c21-11-15-7-4-8-16(9-15)20(26)23(12-19(24)25)17-13-27-18(22-17)10-14-5-2-1-3-6-14;1-16(13,14)9-6-4-2-3-5-7(6)15-8(9)10(11)12;3-2(4,5)1(6)7/h1-9,13H,10-12,21H2,(H,24,25);2-5H2,1H3,(H2,11,12);(H,6,7). The van der Waals surface area contributed by atoms with Crippen LogP contribution in [0.3, 0.4) is 0 Å². The summed E-state index contributed by atoms with van der Waals surface area (Å²) in [6.07, 6.45) is 0.302. The highest BCUT2D eigenvalue weighted by Gasteiger charge is 2.38. The summed E-state index contributed by atoms with van der Waals surface area (Å²) in [5.41, 5.74) is 14.0. The molecule has 2 aromatic heterocycles. The van der Waals surface area contributed by atoms with E-state index in [0.717, 1.165) is 58.5 Å². The van der Waals surface area contributed by atoms with Gasteiger partial charge >= 0.3 is 18.1 Å². The number of fused-ring (bicyclic) bond motifs is 1. The topological polar surface area (TPSA) is 211 Å². The van der Waals surface area contributed by atoms with E-state index in [1.807, 2.05) is 36.4 Å². The molecule has 4 aromatic rings. The summed E-state index contributed by atoms with van der Waals surface area (Å²) in [6.45, 7) is -0.155. The molecule has 2 amide bonds. The predicted octanol–water partition coefficient (Wildman–Crippen LogP) is 4.69. The third kappa shape index (κ3) is 11.2. The Morgan fingerprint density at radius 2 is 1.60 bits per heavy atom. The van der Waals surface area contributed by atoms with E-state index in [4.69, 9.17) is 21.4 Å². The van der Waals surface area contributed by atoms with E-state index >= 15 is 0 Å². The summed E-state index contributed by atoms with van der Waals surface area (Å²) in [6, 6.07) is 16.7. The maximum atomic E-state index is 12.9. The number of carbonyl (C=O) groups is 4. The maximum Gasteiger partial charge on any atom is 0.490 e. The lowest BCUT2D eigenvalue weighted by atomic mass is 9.99. The Labute approximate surface area is 293 Å². The normalized spacial score (nSPS) is 12.3. The number of nitrogens with two attached hydrogens (primary N) is 2. The fourth-order valence-electron chi connectivity index (χ4n) is 4.75. The molecule has 1 aliphatic rings. The van der Waals surface area contributed by atoms with Gasteiger partial charge < -0.3 is 21.7 Å². The molecule has 0 radical (unpaired) electrons. The molecule has 1 aliphatic carbocycles. The van der Waals surface area contributed by atoms with Crippen molar-refractivity contribution in [3.05, 3.63) is 97.0 Å². The van der Waals surface area contributed by atoms with Gasteiger partial charge in [-0.1, -0.05) is 42.5 Å². The summed E-state index contributed by atoms with van der Waals surface area (Å²) in [4.78, 5) is 51.4. The first kappa shape index (κ1) is 39.8. The number of carboxylic acid groups (broad SMARTS) is 2. The van der Waals surface area contributed by atoms with E-state index in [-0.39, 0.29) is 9.77 Å². The smallest absolute Gasteiger partial charge is 0.480 e. The number of alkyl halides is 3. The number of anilines is 1. The zero-order valence-electron chi connectivity index (χ0n) is 26.5. The third-order valence-electron chi connectivity index (χ3n) is 6.92. The third-order valence-corrected chi connectivity index (χ3v) is 10.4. The molecule has 12 nitrogen and oxygen atoms in total. The number of aromatic nitrogens is 1. The van der Waals surface area contributed by atoms with E-state index in [9.17, 15) is 41.1 Å². The molecule has 0 bridgehead atoms. The van der Waals surface area contributed by atoms with Gasteiger partial charge in [-0.15, -0.1) is 22.7 Å². The van der Waals surface area contributed by atoms with Crippen LogP contribution in [0.2, 0.25) is 0 Å². The first-order valence-electron chi connectivity index (χ1n) is 14.7. The summed E-state index contributed by atoms with van der Waals surface area (Å²) in [5, 5.41) is 18.9. The lowest BCUT2D eigenvalue weighted by Gasteiger charge is -2.18. The molecule has 5 rings (SSSR count). The molecule has 268 valence electrons. The van der Waals surface area contributed by atoms with Crippen LogP contribution < -0.4 is 16.4 Å². The van der Waals surface area contributed by atoms with Crippen molar-refractivity contribution in [2.75, 3.05) is 17.7 Å². The number of primary amides is 1. The Kier molecular flexibility index (Phi) is 13.8. The quantitative estimate of drug-likeness (QED) is 0.185. The van der Waals surface area contributed by atoms with Crippen molar-refractivity contribution in [2.24, 2.45) is 11.5 Å². The van der Waals surface area contributed by atoms with Gasteiger partial charge in [0.2, 0.25) is 0 Å². The number of aryl methyl sites for hydroxylation is 1. The van der Waals surface area contributed by atoms with Crippen LogP contribution in [0.5, 0.6) is 0 Å². The van der Waals surface area contributed by atoms with Gasteiger partial charge in [-0.2, -0.15) is 13.2 Å².